The molecular weight excluding hydrogens is 432 g/mol. The molecular formula is C20H19ClN2O4S2. The minimum atomic E-state index is -3.16. The number of carbonyl (C=O) groups is 1. The van der Waals surface area contributed by atoms with Gasteiger partial charge in [0.15, 0.2) is 20.8 Å². The Labute approximate surface area is 178 Å². The summed E-state index contributed by atoms with van der Waals surface area (Å²) in [5.41, 5.74) is 1.65. The van der Waals surface area contributed by atoms with Gasteiger partial charge >= 0.3 is 0 Å². The third-order valence-corrected chi connectivity index (χ3v) is 8.16. The Bertz CT molecular complexity index is 1120. The average Bonchev–Trinajstić information content (AvgIpc) is 3.07. The van der Waals surface area contributed by atoms with Crippen molar-refractivity contribution >= 4 is 50.0 Å². The first kappa shape index (κ1) is 20.3. The Kier molecular flexibility index (Phi) is 5.35. The Morgan fingerprint density at radius 2 is 2.03 bits per heavy atom. The van der Waals surface area contributed by atoms with Crippen molar-refractivity contribution in [2.45, 2.75) is 25.1 Å². The van der Waals surface area contributed by atoms with Gasteiger partial charge in [-0.2, -0.15) is 4.99 Å². The molecule has 0 radical (unpaired) electrons. The molecule has 2 aromatic rings. The van der Waals surface area contributed by atoms with Gasteiger partial charge in [-0.05, 0) is 42.8 Å². The molecule has 0 aliphatic carbocycles. The fraction of sp³-hybridized carbons (Fsp3) is 0.300. The molecule has 2 heterocycles. The van der Waals surface area contributed by atoms with E-state index in [1.54, 1.807) is 23.1 Å². The quantitative estimate of drug-likeness (QED) is 0.701. The zero-order chi connectivity index (χ0) is 20.8. The van der Waals surface area contributed by atoms with Crippen molar-refractivity contribution in [2.24, 2.45) is 4.99 Å². The number of aryl methyl sites for hydroxylation is 1. The maximum absolute atomic E-state index is 12.2. The molecule has 2 atom stereocenters. The van der Waals surface area contributed by atoms with Crippen LogP contribution in [0.1, 0.15) is 12.5 Å². The van der Waals surface area contributed by atoms with Crippen molar-refractivity contribution in [1.29, 1.82) is 0 Å². The molecule has 1 amide bonds. The lowest BCUT2D eigenvalue weighted by Gasteiger charge is -2.26. The van der Waals surface area contributed by atoms with E-state index in [0.29, 0.717) is 27.4 Å². The number of aliphatic imine (C=N–C) groups is 1. The number of amides is 1. The molecule has 2 aliphatic rings. The third-order valence-electron chi connectivity index (χ3n) is 4.72. The van der Waals surface area contributed by atoms with Gasteiger partial charge in [0, 0.05) is 17.2 Å². The van der Waals surface area contributed by atoms with Crippen LogP contribution in [0.2, 0.25) is 5.02 Å². The molecule has 0 spiro atoms. The van der Waals surface area contributed by atoms with E-state index in [4.69, 9.17) is 16.3 Å². The maximum atomic E-state index is 12.2. The number of anilines is 1. The third kappa shape index (κ3) is 4.29. The number of halogens is 1. The highest BCUT2D eigenvalue weighted by atomic mass is 35.5. The van der Waals surface area contributed by atoms with E-state index < -0.39 is 9.84 Å². The van der Waals surface area contributed by atoms with Crippen LogP contribution in [-0.4, -0.2) is 42.3 Å². The highest BCUT2D eigenvalue weighted by Crippen LogP contribution is 2.45. The molecule has 2 aliphatic heterocycles. The number of benzene rings is 2. The van der Waals surface area contributed by atoms with E-state index in [1.165, 1.54) is 18.7 Å². The highest BCUT2D eigenvalue weighted by molar-refractivity contribution is 8.16. The zero-order valence-corrected chi connectivity index (χ0v) is 18.2. The molecule has 2 fully saturated rings. The van der Waals surface area contributed by atoms with Gasteiger partial charge in [-0.1, -0.05) is 35.5 Å². The minimum Gasteiger partial charge on any atom is -0.455 e. The number of sulfone groups is 1. The van der Waals surface area contributed by atoms with E-state index in [1.807, 2.05) is 31.2 Å². The number of fused-ring (bicyclic) bond motifs is 1. The molecule has 9 heteroatoms. The Hall–Kier alpha value is -2.03. The monoisotopic (exact) mass is 450 g/mol. The van der Waals surface area contributed by atoms with Gasteiger partial charge in [-0.25, -0.2) is 8.42 Å². The van der Waals surface area contributed by atoms with Crippen LogP contribution >= 0.6 is 23.4 Å². The predicted octanol–water partition coefficient (Wildman–Crippen LogP) is 4.06. The Balaban J connectivity index is 1.80. The fourth-order valence-corrected chi connectivity index (χ4v) is 7.67. The standard InChI is InChI=1S/C20H19ClN2O4S2/c1-12-4-3-5-15(8-12)27-18-7-6-14(21)9-16(18)23-17-10-29(25,26)11-19(17)28-20(23)22-13(2)24/h3-9,17,19H,10-11H2,1-2H3/t17-,19-/m1/s1. The van der Waals surface area contributed by atoms with E-state index in [0.717, 1.165) is 5.56 Å². The second-order valence-electron chi connectivity index (χ2n) is 7.11. The number of hydrogen-bond acceptors (Lipinski definition) is 5. The average molecular weight is 451 g/mol. The van der Waals surface area contributed by atoms with Gasteiger partial charge in [-0.3, -0.25) is 4.79 Å². The smallest absolute Gasteiger partial charge is 0.244 e. The second-order valence-corrected chi connectivity index (χ2v) is 10.9. The van der Waals surface area contributed by atoms with Crippen LogP contribution in [0.5, 0.6) is 11.5 Å². The van der Waals surface area contributed by atoms with Gasteiger partial charge in [0.25, 0.3) is 0 Å². The zero-order valence-electron chi connectivity index (χ0n) is 15.8. The SMILES string of the molecule is CC(=O)N=C1S[C@@H]2CS(=O)(=O)C[C@H]2N1c1cc(Cl)ccc1Oc1cccc(C)c1. The van der Waals surface area contributed by atoms with E-state index in [9.17, 15) is 13.2 Å². The lowest BCUT2D eigenvalue weighted by atomic mass is 10.2. The van der Waals surface area contributed by atoms with Crippen LogP contribution in [-0.2, 0) is 14.6 Å². The van der Waals surface area contributed by atoms with Crippen molar-refractivity contribution in [3.8, 4) is 11.5 Å². The Morgan fingerprint density at radius 1 is 1.24 bits per heavy atom. The number of rotatable bonds is 3. The lowest BCUT2D eigenvalue weighted by Crippen LogP contribution is -2.37. The summed E-state index contributed by atoms with van der Waals surface area (Å²) in [6.45, 7) is 3.34. The van der Waals surface area contributed by atoms with Crippen molar-refractivity contribution in [3.05, 3.63) is 53.1 Å². The molecule has 2 saturated heterocycles. The largest absolute Gasteiger partial charge is 0.455 e. The number of amidine groups is 1. The van der Waals surface area contributed by atoms with E-state index >= 15 is 0 Å². The number of thioether (sulfide) groups is 1. The van der Waals surface area contributed by atoms with Crippen LogP contribution in [0.3, 0.4) is 0 Å². The maximum Gasteiger partial charge on any atom is 0.244 e. The lowest BCUT2D eigenvalue weighted by molar-refractivity contribution is -0.115. The first-order valence-electron chi connectivity index (χ1n) is 9.01. The number of hydrogen-bond donors (Lipinski definition) is 0. The number of carbonyl (C=O) groups excluding carboxylic acids is 1. The van der Waals surface area contributed by atoms with E-state index in [-0.39, 0.29) is 28.7 Å². The van der Waals surface area contributed by atoms with Gasteiger partial charge in [0.1, 0.15) is 5.75 Å². The van der Waals surface area contributed by atoms with Crippen LogP contribution in [0.25, 0.3) is 0 Å². The van der Waals surface area contributed by atoms with E-state index in [2.05, 4.69) is 4.99 Å². The predicted molar refractivity (Wildman–Crippen MR) is 117 cm³/mol. The molecule has 0 N–H and O–H groups in total. The summed E-state index contributed by atoms with van der Waals surface area (Å²) in [5.74, 6) is 0.883. The van der Waals surface area contributed by atoms with Gasteiger partial charge in [0.2, 0.25) is 5.91 Å². The van der Waals surface area contributed by atoms with Crippen molar-refractivity contribution < 1.29 is 17.9 Å². The van der Waals surface area contributed by atoms with Crippen LogP contribution in [0.4, 0.5) is 5.69 Å². The molecule has 152 valence electrons. The normalized spacial score (nSPS) is 24.0. The van der Waals surface area contributed by atoms with Crippen LogP contribution < -0.4 is 9.64 Å². The van der Waals surface area contributed by atoms with Crippen LogP contribution in [0, 0.1) is 6.92 Å². The number of ether oxygens (including phenoxy) is 1. The minimum absolute atomic E-state index is 0.00199. The summed E-state index contributed by atoms with van der Waals surface area (Å²) in [6.07, 6.45) is 0. The summed E-state index contributed by atoms with van der Waals surface area (Å²) in [7, 11) is -3.16. The molecule has 29 heavy (non-hydrogen) atoms. The van der Waals surface area contributed by atoms with Crippen molar-refractivity contribution in [1.82, 2.24) is 0 Å². The molecule has 0 bridgehead atoms. The highest BCUT2D eigenvalue weighted by Gasteiger charge is 2.50. The fourth-order valence-electron chi connectivity index (χ4n) is 3.55. The van der Waals surface area contributed by atoms with Gasteiger partial charge in [0.05, 0.1) is 23.2 Å². The number of nitrogens with zero attached hydrogens (tertiary/aromatic N) is 2. The van der Waals surface area contributed by atoms with Crippen LogP contribution in [0.15, 0.2) is 47.5 Å². The summed E-state index contributed by atoms with van der Waals surface area (Å²) in [4.78, 5) is 17.6. The summed E-state index contributed by atoms with van der Waals surface area (Å²) < 4.78 is 30.6. The molecule has 0 aromatic heterocycles. The van der Waals surface area contributed by atoms with Crippen molar-refractivity contribution in [2.75, 3.05) is 16.4 Å². The molecule has 6 nitrogen and oxygen atoms in total. The molecule has 0 saturated carbocycles. The topological polar surface area (TPSA) is 76.0 Å². The molecule has 4 rings (SSSR count). The molecule has 2 aromatic carbocycles. The first-order chi connectivity index (χ1) is 13.7. The van der Waals surface area contributed by atoms with Crippen molar-refractivity contribution in [3.63, 3.8) is 0 Å². The summed E-state index contributed by atoms with van der Waals surface area (Å²) >= 11 is 7.58. The van der Waals surface area contributed by atoms with Gasteiger partial charge < -0.3 is 9.64 Å². The Morgan fingerprint density at radius 3 is 2.76 bits per heavy atom. The van der Waals surface area contributed by atoms with Gasteiger partial charge in [-0.15, -0.1) is 0 Å². The second kappa shape index (κ2) is 7.66. The first-order valence-corrected chi connectivity index (χ1v) is 12.1. The molecule has 0 unspecified atom stereocenters. The summed E-state index contributed by atoms with van der Waals surface area (Å²) in [5, 5.41) is 0.760. The summed E-state index contributed by atoms with van der Waals surface area (Å²) in [6, 6.07) is 12.5.